The first-order valence-corrected chi connectivity index (χ1v) is 6.40. The van der Waals surface area contributed by atoms with Crippen molar-refractivity contribution in [3.8, 4) is 5.75 Å². The van der Waals surface area contributed by atoms with Gasteiger partial charge in [0.15, 0.2) is 5.78 Å². The highest BCUT2D eigenvalue weighted by molar-refractivity contribution is 6.04. The van der Waals surface area contributed by atoms with E-state index < -0.39 is 17.7 Å². The van der Waals surface area contributed by atoms with Crippen LogP contribution in [0.4, 0.5) is 13.2 Å². The minimum atomic E-state index is -4.49. The van der Waals surface area contributed by atoms with Crippen LogP contribution in [0.2, 0.25) is 0 Å². The first-order valence-electron chi connectivity index (χ1n) is 6.40. The second kappa shape index (κ2) is 4.91. The summed E-state index contributed by atoms with van der Waals surface area (Å²) in [5, 5.41) is 0. The predicted molar refractivity (Wildman–Crippen MR) is 70.5 cm³/mol. The average Bonchev–Trinajstić information content (AvgIpc) is 2.47. The summed E-state index contributed by atoms with van der Waals surface area (Å²) in [6.45, 7) is -0.0804. The number of halogens is 3. The molecule has 0 spiro atoms. The molecule has 2 aromatic rings. The van der Waals surface area contributed by atoms with Crippen LogP contribution in [0.5, 0.6) is 5.75 Å². The van der Waals surface area contributed by atoms with E-state index in [4.69, 9.17) is 4.74 Å². The summed E-state index contributed by atoms with van der Waals surface area (Å²) >= 11 is 0. The number of para-hydroxylation sites is 1. The van der Waals surface area contributed by atoms with Gasteiger partial charge in [0.25, 0.3) is 0 Å². The number of alkyl halides is 3. The molecule has 1 atom stereocenters. The Morgan fingerprint density at radius 1 is 1.00 bits per heavy atom. The van der Waals surface area contributed by atoms with Gasteiger partial charge < -0.3 is 4.74 Å². The van der Waals surface area contributed by atoms with Crippen LogP contribution >= 0.6 is 0 Å². The van der Waals surface area contributed by atoms with Crippen LogP contribution < -0.4 is 4.74 Å². The van der Waals surface area contributed by atoms with Crippen molar-refractivity contribution in [3.05, 3.63) is 65.2 Å². The van der Waals surface area contributed by atoms with Gasteiger partial charge in [-0.3, -0.25) is 4.79 Å². The Morgan fingerprint density at radius 3 is 2.43 bits per heavy atom. The van der Waals surface area contributed by atoms with E-state index >= 15 is 0 Å². The van der Waals surface area contributed by atoms with E-state index in [0.29, 0.717) is 11.3 Å². The van der Waals surface area contributed by atoms with Crippen molar-refractivity contribution in [3.63, 3.8) is 0 Å². The second-order valence-electron chi connectivity index (χ2n) is 4.81. The fourth-order valence-corrected chi connectivity index (χ4v) is 2.52. The van der Waals surface area contributed by atoms with Crippen molar-refractivity contribution in [1.29, 1.82) is 0 Å². The lowest BCUT2D eigenvalue weighted by Crippen LogP contribution is -2.28. The lowest BCUT2D eigenvalue weighted by atomic mass is 9.86. The number of benzene rings is 2. The minimum Gasteiger partial charge on any atom is -0.492 e. The molecule has 1 aliphatic rings. The van der Waals surface area contributed by atoms with Crippen LogP contribution in [0.1, 0.15) is 27.4 Å². The van der Waals surface area contributed by atoms with Crippen LogP contribution in [-0.4, -0.2) is 12.4 Å². The van der Waals surface area contributed by atoms with Crippen molar-refractivity contribution >= 4 is 5.78 Å². The van der Waals surface area contributed by atoms with Crippen LogP contribution in [0.3, 0.4) is 0 Å². The van der Waals surface area contributed by atoms with E-state index in [9.17, 15) is 18.0 Å². The van der Waals surface area contributed by atoms with Crippen molar-refractivity contribution in [2.45, 2.75) is 12.1 Å². The number of carbonyl (C=O) groups is 1. The predicted octanol–water partition coefficient (Wildman–Crippen LogP) is 4.06. The molecule has 0 fully saturated rings. The molecule has 2 nitrogen and oxygen atoms in total. The normalized spacial score (nSPS) is 18.0. The summed E-state index contributed by atoms with van der Waals surface area (Å²) in [5.41, 5.74) is -0.499. The number of fused-ring (bicyclic) bond motifs is 1. The number of rotatable bonds is 1. The van der Waals surface area contributed by atoms with Crippen molar-refractivity contribution in [2.75, 3.05) is 6.61 Å². The Labute approximate surface area is 119 Å². The molecule has 21 heavy (non-hydrogen) atoms. The Balaban J connectivity index is 2.06. The molecule has 0 bridgehead atoms. The summed E-state index contributed by atoms with van der Waals surface area (Å²) in [6.07, 6.45) is -4.49. The monoisotopic (exact) mass is 292 g/mol. The highest BCUT2D eigenvalue weighted by Gasteiger charge is 2.38. The molecule has 1 heterocycles. The summed E-state index contributed by atoms with van der Waals surface area (Å²) in [7, 11) is 0. The number of Topliss-reactive ketones (excluding diaryl/α,β-unsaturated/α-hetero) is 1. The van der Waals surface area contributed by atoms with E-state index in [1.807, 2.05) is 0 Å². The van der Waals surface area contributed by atoms with E-state index in [-0.39, 0.29) is 18.0 Å². The molecular formula is C16H11F3O2. The van der Waals surface area contributed by atoms with Crippen LogP contribution in [0, 0.1) is 0 Å². The van der Waals surface area contributed by atoms with E-state index in [2.05, 4.69) is 0 Å². The molecule has 1 unspecified atom stereocenters. The summed E-state index contributed by atoms with van der Waals surface area (Å²) in [4.78, 5) is 12.4. The Morgan fingerprint density at radius 2 is 1.67 bits per heavy atom. The lowest BCUT2D eigenvalue weighted by molar-refractivity contribution is -0.138. The fourth-order valence-electron chi connectivity index (χ4n) is 2.52. The van der Waals surface area contributed by atoms with E-state index in [1.165, 1.54) is 18.2 Å². The third kappa shape index (κ3) is 2.39. The number of carbonyl (C=O) groups excluding carboxylic acids is 1. The fraction of sp³-hybridized carbons (Fsp3) is 0.188. The van der Waals surface area contributed by atoms with Gasteiger partial charge in [-0.2, -0.15) is 13.2 Å². The molecule has 0 aliphatic carbocycles. The minimum absolute atomic E-state index is 0.0375. The van der Waals surface area contributed by atoms with Gasteiger partial charge in [-0.15, -0.1) is 0 Å². The number of ketones is 1. The third-order valence-electron chi connectivity index (χ3n) is 3.52. The van der Waals surface area contributed by atoms with Gasteiger partial charge >= 0.3 is 6.18 Å². The topological polar surface area (TPSA) is 26.3 Å². The van der Waals surface area contributed by atoms with Gasteiger partial charge in [0.1, 0.15) is 12.4 Å². The van der Waals surface area contributed by atoms with Crippen LogP contribution in [0.15, 0.2) is 48.5 Å². The van der Waals surface area contributed by atoms with Crippen LogP contribution in [0.25, 0.3) is 0 Å². The van der Waals surface area contributed by atoms with Crippen molar-refractivity contribution in [2.24, 2.45) is 0 Å². The zero-order valence-corrected chi connectivity index (χ0v) is 10.9. The van der Waals surface area contributed by atoms with Gasteiger partial charge in [-0.1, -0.05) is 30.3 Å². The Hall–Kier alpha value is -2.30. The average molecular weight is 292 g/mol. The van der Waals surface area contributed by atoms with E-state index in [0.717, 1.165) is 6.07 Å². The maximum atomic E-state index is 13.1. The zero-order chi connectivity index (χ0) is 15.0. The lowest BCUT2D eigenvalue weighted by Gasteiger charge is -2.26. The quantitative estimate of drug-likeness (QED) is 0.792. The summed E-state index contributed by atoms with van der Waals surface area (Å²) < 4.78 is 44.7. The van der Waals surface area contributed by atoms with Crippen molar-refractivity contribution in [1.82, 2.24) is 0 Å². The highest BCUT2D eigenvalue weighted by atomic mass is 19.4. The van der Waals surface area contributed by atoms with Gasteiger partial charge in [0.2, 0.25) is 0 Å². The molecule has 0 saturated heterocycles. The summed E-state index contributed by atoms with van der Waals surface area (Å²) in [6, 6.07) is 11.7. The molecule has 0 aromatic heterocycles. The standard InChI is InChI=1S/C16H11F3O2/c17-16(18,19)13-7-3-1-5-10(13)12-9-21-14-8-4-2-6-11(14)15(12)20/h1-8,12H,9H2. The molecule has 5 heteroatoms. The van der Waals surface area contributed by atoms with Crippen molar-refractivity contribution < 1.29 is 22.7 Å². The molecule has 108 valence electrons. The Bertz CT molecular complexity index is 692. The SMILES string of the molecule is O=C1c2ccccc2OCC1c1ccccc1C(F)(F)F. The number of ether oxygens (including phenoxy) is 1. The summed E-state index contributed by atoms with van der Waals surface area (Å²) in [5.74, 6) is -0.852. The number of hydrogen-bond acceptors (Lipinski definition) is 2. The van der Waals surface area contributed by atoms with Gasteiger partial charge in [-0.05, 0) is 23.8 Å². The highest BCUT2D eigenvalue weighted by Crippen LogP contribution is 2.39. The van der Waals surface area contributed by atoms with Gasteiger partial charge in [0, 0.05) is 0 Å². The van der Waals surface area contributed by atoms with Crippen LogP contribution in [-0.2, 0) is 6.18 Å². The largest absolute Gasteiger partial charge is 0.492 e. The smallest absolute Gasteiger partial charge is 0.416 e. The molecule has 2 aromatic carbocycles. The third-order valence-corrected chi connectivity index (χ3v) is 3.52. The van der Waals surface area contributed by atoms with E-state index in [1.54, 1.807) is 24.3 Å². The molecular weight excluding hydrogens is 281 g/mol. The van der Waals surface area contributed by atoms with Gasteiger partial charge in [-0.25, -0.2) is 0 Å². The maximum Gasteiger partial charge on any atom is 0.416 e. The molecule has 1 aliphatic heterocycles. The zero-order valence-electron chi connectivity index (χ0n) is 10.9. The maximum absolute atomic E-state index is 13.1. The second-order valence-corrected chi connectivity index (χ2v) is 4.81. The Kier molecular flexibility index (Phi) is 3.20. The first-order chi connectivity index (χ1) is 9.98. The molecule has 0 radical (unpaired) electrons. The van der Waals surface area contributed by atoms with Gasteiger partial charge in [0.05, 0.1) is 17.0 Å². The number of hydrogen-bond donors (Lipinski definition) is 0. The molecule has 3 rings (SSSR count). The molecule has 0 saturated carbocycles. The molecule has 0 N–H and O–H groups in total. The first kappa shape index (κ1) is 13.7. The molecule has 0 amide bonds.